The normalized spacial score (nSPS) is 31.1. The molecule has 0 aliphatic carbocycles. The number of aromatic amines is 1. The smallest absolute Gasteiger partial charge is 0.351 e. The van der Waals surface area contributed by atoms with Crippen molar-refractivity contribution in [1.29, 1.82) is 0 Å². The number of hydrogen-bond donors (Lipinski definition) is 4. The van der Waals surface area contributed by atoms with Gasteiger partial charge < -0.3 is 25.0 Å². The van der Waals surface area contributed by atoms with Crippen molar-refractivity contribution in [3.63, 3.8) is 0 Å². The van der Waals surface area contributed by atoms with Crippen molar-refractivity contribution in [3.8, 4) is 0 Å². The summed E-state index contributed by atoms with van der Waals surface area (Å²) in [6.07, 6.45) is -1.41. The van der Waals surface area contributed by atoms with Crippen molar-refractivity contribution in [3.05, 3.63) is 28.9 Å². The highest BCUT2D eigenvalue weighted by molar-refractivity contribution is 5.73. The Kier molecular flexibility index (Phi) is 2.86. The van der Waals surface area contributed by atoms with Gasteiger partial charge in [0.1, 0.15) is 24.0 Å². The quantitative estimate of drug-likeness (QED) is 0.516. The first-order valence-electron chi connectivity index (χ1n) is 5.80. The zero-order chi connectivity index (χ0) is 13.6. The molecule has 8 heteroatoms. The summed E-state index contributed by atoms with van der Waals surface area (Å²) >= 11 is 0. The highest BCUT2D eigenvalue weighted by atomic mass is 16.6. The molecule has 0 bridgehead atoms. The van der Waals surface area contributed by atoms with Crippen molar-refractivity contribution >= 4 is 11.0 Å². The molecular formula is C11H13N3O5. The Morgan fingerprint density at radius 1 is 1.42 bits per heavy atom. The summed E-state index contributed by atoms with van der Waals surface area (Å²) in [5.41, 5.74) is -0.169. The lowest BCUT2D eigenvalue weighted by atomic mass is 10.1. The fourth-order valence-corrected chi connectivity index (χ4v) is 2.22. The molecule has 0 spiro atoms. The minimum atomic E-state index is -1.30. The maximum Gasteiger partial charge on any atom is 0.351 e. The maximum atomic E-state index is 11.9. The number of aliphatic hydroxyl groups is 3. The third-order valence-electron chi connectivity index (χ3n) is 3.25. The number of aromatic nitrogens is 3. The first kappa shape index (κ1) is 12.3. The van der Waals surface area contributed by atoms with Crippen molar-refractivity contribution < 1.29 is 20.1 Å². The summed E-state index contributed by atoms with van der Waals surface area (Å²) in [6, 6.07) is 1.72. The fraction of sp³-hybridized carbons (Fsp3) is 0.455. The standard InChI is InChI=1S/C11H13N3O5/c15-4-6-7(16)8(17)10(19-6)14-3-5-1-2-12-9(5)13-11(14)18/h1-3,6-8,10,15-17H,4H2,(H,12,13,18)/t6-,7-,8-,10-/m1/s1. The van der Waals surface area contributed by atoms with Crippen LogP contribution >= 0.6 is 0 Å². The third kappa shape index (κ3) is 1.85. The second-order valence-corrected chi connectivity index (χ2v) is 4.44. The minimum absolute atomic E-state index is 0.438. The molecule has 1 fully saturated rings. The molecule has 0 unspecified atom stereocenters. The Morgan fingerprint density at radius 3 is 2.89 bits per heavy atom. The molecule has 2 aromatic heterocycles. The van der Waals surface area contributed by atoms with E-state index in [1.807, 2.05) is 0 Å². The van der Waals surface area contributed by atoms with Gasteiger partial charge in [0.05, 0.1) is 6.61 Å². The van der Waals surface area contributed by atoms with Crippen LogP contribution in [-0.4, -0.2) is 54.8 Å². The molecule has 19 heavy (non-hydrogen) atoms. The Hall–Kier alpha value is -1.74. The first-order chi connectivity index (χ1) is 9.11. The van der Waals surface area contributed by atoms with Crippen molar-refractivity contribution in [2.24, 2.45) is 0 Å². The largest absolute Gasteiger partial charge is 0.394 e. The van der Waals surface area contributed by atoms with Crippen molar-refractivity contribution in [2.45, 2.75) is 24.5 Å². The molecule has 0 saturated carbocycles. The van der Waals surface area contributed by atoms with E-state index in [4.69, 9.17) is 9.84 Å². The van der Waals surface area contributed by atoms with Crippen LogP contribution in [0.2, 0.25) is 0 Å². The Morgan fingerprint density at radius 2 is 2.21 bits per heavy atom. The summed E-state index contributed by atoms with van der Waals surface area (Å²) in [5, 5.41) is 29.3. The fourth-order valence-electron chi connectivity index (χ4n) is 2.22. The number of aliphatic hydroxyl groups excluding tert-OH is 3. The molecule has 0 aromatic carbocycles. The number of hydrogen-bond acceptors (Lipinski definition) is 6. The molecular weight excluding hydrogens is 254 g/mol. The number of rotatable bonds is 2. The van der Waals surface area contributed by atoms with E-state index in [-0.39, 0.29) is 0 Å². The van der Waals surface area contributed by atoms with Crippen LogP contribution in [0, 0.1) is 0 Å². The highest BCUT2D eigenvalue weighted by Crippen LogP contribution is 2.28. The summed E-state index contributed by atoms with van der Waals surface area (Å²) in [7, 11) is 0. The van der Waals surface area contributed by atoms with E-state index in [9.17, 15) is 15.0 Å². The number of nitrogens with zero attached hydrogens (tertiary/aromatic N) is 2. The van der Waals surface area contributed by atoms with E-state index in [0.29, 0.717) is 11.0 Å². The van der Waals surface area contributed by atoms with Crippen molar-refractivity contribution in [2.75, 3.05) is 6.61 Å². The van der Waals surface area contributed by atoms with E-state index in [1.54, 1.807) is 12.3 Å². The van der Waals surface area contributed by atoms with Gasteiger partial charge in [-0.25, -0.2) is 4.79 Å². The number of nitrogens with one attached hydrogen (secondary N) is 1. The van der Waals surface area contributed by atoms with Gasteiger partial charge in [-0.1, -0.05) is 0 Å². The molecule has 0 amide bonds. The first-order valence-corrected chi connectivity index (χ1v) is 5.80. The lowest BCUT2D eigenvalue weighted by Gasteiger charge is -2.16. The molecule has 102 valence electrons. The monoisotopic (exact) mass is 267 g/mol. The highest BCUT2D eigenvalue weighted by Gasteiger charge is 2.43. The summed E-state index contributed by atoms with van der Waals surface area (Å²) < 4.78 is 6.40. The molecule has 0 radical (unpaired) electrons. The van der Waals surface area contributed by atoms with Crippen LogP contribution in [-0.2, 0) is 4.74 Å². The summed E-state index contributed by atoms with van der Waals surface area (Å²) in [4.78, 5) is 18.5. The van der Waals surface area contributed by atoms with E-state index < -0.39 is 36.8 Å². The zero-order valence-electron chi connectivity index (χ0n) is 9.80. The number of fused-ring (bicyclic) bond motifs is 1. The summed E-state index contributed by atoms with van der Waals surface area (Å²) in [6.45, 7) is -0.441. The van der Waals surface area contributed by atoms with Crippen LogP contribution in [0.25, 0.3) is 11.0 Å². The van der Waals surface area contributed by atoms with Gasteiger partial charge in [0.25, 0.3) is 0 Å². The van der Waals surface area contributed by atoms with Gasteiger partial charge in [-0.2, -0.15) is 4.98 Å². The topological polar surface area (TPSA) is 121 Å². The number of H-pyrrole nitrogens is 1. The van der Waals surface area contributed by atoms with Crippen LogP contribution in [0.3, 0.4) is 0 Å². The van der Waals surface area contributed by atoms with Crippen molar-refractivity contribution in [1.82, 2.24) is 14.5 Å². The Balaban J connectivity index is 2.04. The Labute approximate surface area is 106 Å². The molecule has 4 N–H and O–H groups in total. The van der Waals surface area contributed by atoms with Gasteiger partial charge in [0, 0.05) is 17.8 Å². The molecule has 3 heterocycles. The zero-order valence-corrected chi connectivity index (χ0v) is 9.80. The molecule has 8 nitrogen and oxygen atoms in total. The lowest BCUT2D eigenvalue weighted by Crippen LogP contribution is -2.35. The maximum absolute atomic E-state index is 11.9. The van der Waals surface area contributed by atoms with E-state index in [2.05, 4.69) is 9.97 Å². The van der Waals surface area contributed by atoms with Gasteiger partial charge >= 0.3 is 5.69 Å². The lowest BCUT2D eigenvalue weighted by molar-refractivity contribution is -0.0547. The van der Waals surface area contributed by atoms with E-state index >= 15 is 0 Å². The van der Waals surface area contributed by atoms with E-state index in [1.165, 1.54) is 6.20 Å². The average molecular weight is 267 g/mol. The van der Waals surface area contributed by atoms with E-state index in [0.717, 1.165) is 4.57 Å². The minimum Gasteiger partial charge on any atom is -0.394 e. The predicted octanol–water partition coefficient (Wildman–Crippen LogP) is -1.66. The molecule has 2 aromatic rings. The van der Waals surface area contributed by atoms with Crippen LogP contribution in [0.1, 0.15) is 6.23 Å². The SMILES string of the molecule is O=c1nc2[nH]ccc2cn1[C@@H]1O[C@H](CO)[C@@H](O)[C@H]1O. The Bertz CT molecular complexity index is 651. The molecule has 1 aliphatic rings. The predicted molar refractivity (Wildman–Crippen MR) is 63.4 cm³/mol. The second-order valence-electron chi connectivity index (χ2n) is 4.44. The van der Waals surface area contributed by atoms with Gasteiger partial charge in [0.15, 0.2) is 6.23 Å². The molecule has 3 rings (SSSR count). The molecule has 1 aliphatic heterocycles. The van der Waals surface area contributed by atoms with Crippen LogP contribution in [0.4, 0.5) is 0 Å². The van der Waals surface area contributed by atoms with Gasteiger partial charge in [-0.15, -0.1) is 0 Å². The molecule has 4 atom stereocenters. The second kappa shape index (κ2) is 4.42. The summed E-state index contributed by atoms with van der Waals surface area (Å²) in [5.74, 6) is 0. The number of ether oxygens (including phenoxy) is 1. The van der Waals surface area contributed by atoms with Crippen LogP contribution in [0.15, 0.2) is 23.3 Å². The molecule has 1 saturated heterocycles. The third-order valence-corrected chi connectivity index (χ3v) is 3.25. The van der Waals surface area contributed by atoms with Crippen LogP contribution < -0.4 is 5.69 Å². The van der Waals surface area contributed by atoms with Gasteiger partial charge in [-0.3, -0.25) is 4.57 Å². The van der Waals surface area contributed by atoms with Gasteiger partial charge in [-0.05, 0) is 6.07 Å². The average Bonchev–Trinajstić information content (AvgIpc) is 2.95. The van der Waals surface area contributed by atoms with Gasteiger partial charge in [0.2, 0.25) is 0 Å². The van der Waals surface area contributed by atoms with Crippen LogP contribution in [0.5, 0.6) is 0 Å².